The second-order valence-electron chi connectivity index (χ2n) is 2.79. The molecule has 3 heteroatoms. The maximum atomic E-state index is 5.05. The first-order valence-electron chi connectivity index (χ1n) is 4.07. The van der Waals surface area contributed by atoms with Crippen LogP contribution in [0.25, 0.3) is 0 Å². The number of thiol groups is 1. The van der Waals surface area contributed by atoms with Gasteiger partial charge >= 0.3 is 0 Å². The number of methoxy groups -OCH3 is 2. The monoisotopic (exact) mass is 198 g/mol. The normalized spacial score (nSPS) is 10.4. The number of hydrogen-bond donors (Lipinski definition) is 1. The molecule has 0 saturated carbocycles. The number of ether oxygens (including phenoxy) is 2. The third-order valence-electron chi connectivity index (χ3n) is 1.80. The summed E-state index contributed by atoms with van der Waals surface area (Å²) in [6, 6.07) is 6.00. The van der Waals surface area contributed by atoms with Gasteiger partial charge in [-0.3, -0.25) is 0 Å². The summed E-state index contributed by atoms with van der Waals surface area (Å²) in [5, 5.41) is 0. The molecule has 0 atom stereocenters. The van der Waals surface area contributed by atoms with E-state index in [0.717, 1.165) is 16.0 Å². The topological polar surface area (TPSA) is 18.5 Å². The Kier molecular flexibility index (Phi) is 4.28. The highest BCUT2D eigenvalue weighted by molar-refractivity contribution is 7.80. The minimum absolute atomic E-state index is 0.594. The molecule has 0 radical (unpaired) electrons. The fourth-order valence-corrected chi connectivity index (χ4v) is 1.47. The van der Waals surface area contributed by atoms with Gasteiger partial charge in [-0.15, -0.1) is 12.6 Å². The van der Waals surface area contributed by atoms with Crippen LogP contribution in [0.2, 0.25) is 0 Å². The molecule has 13 heavy (non-hydrogen) atoms. The number of rotatable bonds is 4. The lowest BCUT2D eigenvalue weighted by Crippen LogP contribution is -1.95. The molecule has 2 nitrogen and oxygen atoms in total. The maximum Gasteiger partial charge on any atom is 0.0723 e. The Hall–Kier alpha value is -0.510. The first-order valence-corrected chi connectivity index (χ1v) is 4.52. The second-order valence-corrected chi connectivity index (χ2v) is 3.24. The summed E-state index contributed by atoms with van der Waals surface area (Å²) in [7, 11) is 3.35. The number of hydrogen-bond acceptors (Lipinski definition) is 3. The van der Waals surface area contributed by atoms with Crippen molar-refractivity contribution < 1.29 is 9.47 Å². The van der Waals surface area contributed by atoms with Gasteiger partial charge in [0.2, 0.25) is 0 Å². The molecular weight excluding hydrogens is 184 g/mol. The molecule has 0 unspecified atom stereocenters. The zero-order valence-electron chi connectivity index (χ0n) is 7.91. The fraction of sp³-hybridized carbons (Fsp3) is 0.400. The molecule has 1 rings (SSSR count). The smallest absolute Gasteiger partial charge is 0.0723 e. The molecular formula is C10H14O2S. The van der Waals surface area contributed by atoms with Crippen molar-refractivity contribution in [1.29, 1.82) is 0 Å². The minimum Gasteiger partial charge on any atom is -0.380 e. The Balaban J connectivity index is 2.89. The average Bonchev–Trinajstić information content (AvgIpc) is 2.13. The van der Waals surface area contributed by atoms with Gasteiger partial charge in [-0.25, -0.2) is 0 Å². The van der Waals surface area contributed by atoms with Crippen molar-refractivity contribution in [2.75, 3.05) is 14.2 Å². The van der Waals surface area contributed by atoms with Crippen LogP contribution in [0.3, 0.4) is 0 Å². The predicted molar refractivity (Wildman–Crippen MR) is 55.1 cm³/mol. The molecule has 1 aromatic rings. The molecule has 1 aromatic carbocycles. The SMILES string of the molecule is COCc1cccc(COC)c1S. The van der Waals surface area contributed by atoms with Gasteiger partial charge in [0.05, 0.1) is 13.2 Å². The summed E-state index contributed by atoms with van der Waals surface area (Å²) >= 11 is 4.42. The van der Waals surface area contributed by atoms with Crippen LogP contribution < -0.4 is 0 Å². The molecule has 0 saturated heterocycles. The zero-order valence-corrected chi connectivity index (χ0v) is 8.80. The lowest BCUT2D eigenvalue weighted by atomic mass is 10.1. The van der Waals surface area contributed by atoms with E-state index in [1.165, 1.54) is 0 Å². The van der Waals surface area contributed by atoms with E-state index in [1.807, 2.05) is 18.2 Å². The van der Waals surface area contributed by atoms with Crippen molar-refractivity contribution in [2.45, 2.75) is 18.1 Å². The third kappa shape index (κ3) is 2.72. The van der Waals surface area contributed by atoms with Crippen LogP contribution in [0.5, 0.6) is 0 Å². The van der Waals surface area contributed by atoms with Crippen LogP contribution >= 0.6 is 12.6 Å². The van der Waals surface area contributed by atoms with Gasteiger partial charge in [0.1, 0.15) is 0 Å². The lowest BCUT2D eigenvalue weighted by Gasteiger charge is -2.08. The Morgan fingerprint density at radius 2 is 1.54 bits per heavy atom. The van der Waals surface area contributed by atoms with E-state index in [2.05, 4.69) is 12.6 Å². The summed E-state index contributed by atoms with van der Waals surface area (Å²) in [6.07, 6.45) is 0. The zero-order chi connectivity index (χ0) is 9.68. The van der Waals surface area contributed by atoms with Crippen LogP contribution in [0.1, 0.15) is 11.1 Å². The molecule has 0 aliphatic heterocycles. The minimum atomic E-state index is 0.594. The second kappa shape index (κ2) is 5.27. The molecule has 0 bridgehead atoms. The van der Waals surface area contributed by atoms with E-state index in [4.69, 9.17) is 9.47 Å². The first-order chi connectivity index (χ1) is 6.29. The average molecular weight is 198 g/mol. The molecule has 72 valence electrons. The van der Waals surface area contributed by atoms with Gasteiger partial charge < -0.3 is 9.47 Å². The highest BCUT2D eigenvalue weighted by Gasteiger charge is 2.03. The Bertz CT molecular complexity index is 249. The quantitative estimate of drug-likeness (QED) is 0.748. The van der Waals surface area contributed by atoms with Gasteiger partial charge in [0.25, 0.3) is 0 Å². The standard InChI is InChI=1S/C10H14O2S/c1-11-6-8-4-3-5-9(7-12-2)10(8)13/h3-5,13H,6-7H2,1-2H3. The van der Waals surface area contributed by atoms with Crippen molar-refractivity contribution in [3.63, 3.8) is 0 Å². The summed E-state index contributed by atoms with van der Waals surface area (Å²) in [5.41, 5.74) is 2.20. The molecule has 0 heterocycles. The Morgan fingerprint density at radius 1 is 1.08 bits per heavy atom. The summed E-state index contributed by atoms with van der Waals surface area (Å²) in [5.74, 6) is 0. The number of benzene rings is 1. The van der Waals surface area contributed by atoms with Gasteiger partial charge in [-0.1, -0.05) is 18.2 Å². The molecule has 0 fully saturated rings. The maximum absolute atomic E-state index is 5.05. The van der Waals surface area contributed by atoms with Crippen molar-refractivity contribution in [2.24, 2.45) is 0 Å². The predicted octanol–water partition coefficient (Wildman–Crippen LogP) is 2.27. The molecule has 0 N–H and O–H groups in total. The molecule has 0 amide bonds. The van der Waals surface area contributed by atoms with Crippen molar-refractivity contribution >= 4 is 12.6 Å². The lowest BCUT2D eigenvalue weighted by molar-refractivity contribution is 0.176. The van der Waals surface area contributed by atoms with Gasteiger partial charge in [0.15, 0.2) is 0 Å². The summed E-state index contributed by atoms with van der Waals surface area (Å²) < 4.78 is 10.1. The summed E-state index contributed by atoms with van der Waals surface area (Å²) in [6.45, 7) is 1.19. The van der Waals surface area contributed by atoms with Gasteiger partial charge in [0, 0.05) is 19.1 Å². The van der Waals surface area contributed by atoms with Crippen molar-refractivity contribution in [1.82, 2.24) is 0 Å². The van der Waals surface area contributed by atoms with Gasteiger partial charge in [-0.05, 0) is 11.1 Å². The van der Waals surface area contributed by atoms with Crippen LogP contribution in [-0.2, 0) is 22.7 Å². The fourth-order valence-electron chi connectivity index (χ4n) is 1.19. The van der Waals surface area contributed by atoms with E-state index >= 15 is 0 Å². The highest BCUT2D eigenvalue weighted by atomic mass is 32.1. The van der Waals surface area contributed by atoms with E-state index in [-0.39, 0.29) is 0 Å². The largest absolute Gasteiger partial charge is 0.380 e. The van der Waals surface area contributed by atoms with Crippen molar-refractivity contribution in [3.05, 3.63) is 29.3 Å². The van der Waals surface area contributed by atoms with Crippen LogP contribution in [0.4, 0.5) is 0 Å². The third-order valence-corrected chi connectivity index (χ3v) is 2.38. The molecule has 0 aromatic heterocycles. The summed E-state index contributed by atoms with van der Waals surface area (Å²) in [4.78, 5) is 0.964. The van der Waals surface area contributed by atoms with Gasteiger partial charge in [-0.2, -0.15) is 0 Å². The highest BCUT2D eigenvalue weighted by Crippen LogP contribution is 2.20. The molecule has 0 aliphatic rings. The van der Waals surface area contributed by atoms with E-state index in [0.29, 0.717) is 13.2 Å². The first kappa shape index (κ1) is 10.6. The van der Waals surface area contributed by atoms with E-state index in [1.54, 1.807) is 14.2 Å². The Labute approximate surface area is 84.3 Å². The van der Waals surface area contributed by atoms with E-state index in [9.17, 15) is 0 Å². The Morgan fingerprint density at radius 3 is 1.92 bits per heavy atom. The van der Waals surface area contributed by atoms with Crippen LogP contribution in [-0.4, -0.2) is 14.2 Å². The molecule has 0 spiro atoms. The van der Waals surface area contributed by atoms with Crippen LogP contribution in [0, 0.1) is 0 Å². The van der Waals surface area contributed by atoms with E-state index < -0.39 is 0 Å². The molecule has 0 aliphatic carbocycles. The van der Waals surface area contributed by atoms with Crippen molar-refractivity contribution in [3.8, 4) is 0 Å². The van der Waals surface area contributed by atoms with Crippen LogP contribution in [0.15, 0.2) is 23.1 Å².